The number of aromatic nitrogens is 1. The van der Waals surface area contributed by atoms with Crippen LogP contribution in [-0.4, -0.2) is 62.2 Å². The van der Waals surface area contributed by atoms with Gasteiger partial charge in [0, 0.05) is 51.0 Å². The molecule has 6 nitrogen and oxygen atoms in total. The van der Waals surface area contributed by atoms with Gasteiger partial charge in [-0.2, -0.15) is 0 Å². The van der Waals surface area contributed by atoms with Crippen molar-refractivity contribution in [1.29, 1.82) is 0 Å². The first-order valence-electron chi connectivity index (χ1n) is 10.1. The van der Waals surface area contributed by atoms with Crippen LogP contribution in [-0.2, 0) is 0 Å². The maximum Gasteiger partial charge on any atom is 0.254 e. The first-order chi connectivity index (χ1) is 13.8. The summed E-state index contributed by atoms with van der Waals surface area (Å²) >= 11 is 0. The Morgan fingerprint density at radius 2 is 1.68 bits per heavy atom. The lowest BCUT2D eigenvalue weighted by atomic mass is 10.1. The predicted octanol–water partition coefficient (Wildman–Crippen LogP) is 3.04. The zero-order valence-electron chi connectivity index (χ0n) is 16.5. The van der Waals surface area contributed by atoms with Gasteiger partial charge in [-0.1, -0.05) is 12.1 Å². The number of methoxy groups -OCH3 is 1. The van der Waals surface area contributed by atoms with Crippen molar-refractivity contribution in [2.45, 2.75) is 19.3 Å². The van der Waals surface area contributed by atoms with Gasteiger partial charge in [-0.3, -0.25) is 4.79 Å². The monoisotopic (exact) mass is 380 g/mol. The second-order valence-electron chi connectivity index (χ2n) is 7.40. The van der Waals surface area contributed by atoms with Crippen LogP contribution in [0.4, 0.5) is 11.5 Å². The topological polar surface area (TPSA) is 48.9 Å². The molecule has 0 atom stereocenters. The summed E-state index contributed by atoms with van der Waals surface area (Å²) in [5.41, 5.74) is 1.83. The summed E-state index contributed by atoms with van der Waals surface area (Å²) in [5, 5.41) is 0. The Kier molecular flexibility index (Phi) is 5.65. The summed E-state index contributed by atoms with van der Waals surface area (Å²) in [4.78, 5) is 24.1. The molecule has 2 aromatic rings. The second-order valence-corrected chi connectivity index (χ2v) is 7.40. The van der Waals surface area contributed by atoms with Gasteiger partial charge in [0.1, 0.15) is 11.6 Å². The fourth-order valence-electron chi connectivity index (χ4n) is 4.07. The van der Waals surface area contributed by atoms with E-state index in [9.17, 15) is 4.79 Å². The molecule has 4 rings (SSSR count). The minimum Gasteiger partial charge on any atom is -0.495 e. The largest absolute Gasteiger partial charge is 0.495 e. The van der Waals surface area contributed by atoms with E-state index in [1.54, 1.807) is 13.3 Å². The Bertz CT molecular complexity index is 812. The Hall–Kier alpha value is -2.76. The molecule has 0 bridgehead atoms. The molecule has 6 heteroatoms. The van der Waals surface area contributed by atoms with Crippen molar-refractivity contribution in [3.8, 4) is 5.75 Å². The van der Waals surface area contributed by atoms with Crippen LogP contribution in [0.25, 0.3) is 0 Å². The number of carbonyl (C=O) groups is 1. The Labute approximate surface area is 166 Å². The SMILES string of the molecule is COc1ccccc1N1CCN(C(=O)c2ccnc(N3CCCCC3)c2)CC1. The van der Waals surface area contributed by atoms with E-state index in [-0.39, 0.29) is 5.91 Å². The van der Waals surface area contributed by atoms with Crippen molar-refractivity contribution in [2.24, 2.45) is 0 Å². The van der Waals surface area contributed by atoms with Gasteiger partial charge in [0.05, 0.1) is 12.8 Å². The van der Waals surface area contributed by atoms with Crippen molar-refractivity contribution in [2.75, 3.05) is 56.2 Å². The Balaban J connectivity index is 1.41. The number of benzene rings is 1. The van der Waals surface area contributed by atoms with E-state index in [0.717, 1.165) is 49.0 Å². The molecule has 0 saturated carbocycles. The zero-order chi connectivity index (χ0) is 19.3. The molecule has 148 valence electrons. The average molecular weight is 380 g/mol. The third-order valence-electron chi connectivity index (χ3n) is 5.67. The van der Waals surface area contributed by atoms with Gasteiger partial charge in [0.15, 0.2) is 0 Å². The number of hydrogen-bond donors (Lipinski definition) is 0. The number of hydrogen-bond acceptors (Lipinski definition) is 5. The number of piperidine rings is 1. The molecule has 2 fully saturated rings. The van der Waals surface area contributed by atoms with Crippen LogP contribution in [0, 0.1) is 0 Å². The van der Waals surface area contributed by atoms with Crippen LogP contribution < -0.4 is 14.5 Å². The highest BCUT2D eigenvalue weighted by Gasteiger charge is 2.24. The number of nitrogens with zero attached hydrogens (tertiary/aromatic N) is 4. The quantitative estimate of drug-likeness (QED) is 0.816. The molecule has 0 spiro atoms. The van der Waals surface area contributed by atoms with Crippen LogP contribution in [0.5, 0.6) is 5.75 Å². The number of piperazine rings is 1. The molecule has 1 aromatic heterocycles. The molecule has 2 saturated heterocycles. The molecule has 0 aliphatic carbocycles. The highest BCUT2D eigenvalue weighted by atomic mass is 16.5. The van der Waals surface area contributed by atoms with Crippen molar-refractivity contribution < 1.29 is 9.53 Å². The molecule has 2 aliphatic heterocycles. The molecule has 3 heterocycles. The lowest BCUT2D eigenvalue weighted by molar-refractivity contribution is 0.0746. The van der Waals surface area contributed by atoms with E-state index in [1.807, 2.05) is 35.2 Å². The molecule has 2 aliphatic rings. The van der Waals surface area contributed by atoms with E-state index in [0.29, 0.717) is 13.1 Å². The standard InChI is InChI=1S/C22H28N4O2/c1-28-20-8-4-3-7-19(20)24-13-15-26(16-14-24)22(27)18-9-10-23-21(17-18)25-11-5-2-6-12-25/h3-4,7-10,17H,2,5-6,11-16H2,1H3. The third-order valence-corrected chi connectivity index (χ3v) is 5.67. The smallest absolute Gasteiger partial charge is 0.254 e. The maximum atomic E-state index is 13.0. The Morgan fingerprint density at radius 1 is 0.929 bits per heavy atom. The highest BCUT2D eigenvalue weighted by molar-refractivity contribution is 5.95. The van der Waals surface area contributed by atoms with Gasteiger partial charge >= 0.3 is 0 Å². The molecule has 28 heavy (non-hydrogen) atoms. The van der Waals surface area contributed by atoms with Crippen molar-refractivity contribution in [3.05, 3.63) is 48.2 Å². The predicted molar refractivity (Wildman–Crippen MR) is 111 cm³/mol. The van der Waals surface area contributed by atoms with Crippen molar-refractivity contribution in [1.82, 2.24) is 9.88 Å². The molecule has 0 unspecified atom stereocenters. The van der Waals surface area contributed by atoms with E-state index in [1.165, 1.54) is 19.3 Å². The van der Waals surface area contributed by atoms with Crippen LogP contribution in [0.3, 0.4) is 0 Å². The fraction of sp³-hybridized carbons (Fsp3) is 0.455. The third kappa shape index (κ3) is 3.91. The number of para-hydroxylation sites is 2. The van der Waals surface area contributed by atoms with Gasteiger partial charge in [-0.15, -0.1) is 0 Å². The first kappa shape index (κ1) is 18.6. The maximum absolute atomic E-state index is 13.0. The molecular weight excluding hydrogens is 352 g/mol. The number of carbonyl (C=O) groups excluding carboxylic acids is 1. The number of amides is 1. The molecule has 0 N–H and O–H groups in total. The Morgan fingerprint density at radius 3 is 2.43 bits per heavy atom. The van der Waals surface area contributed by atoms with E-state index in [4.69, 9.17) is 4.74 Å². The van der Waals surface area contributed by atoms with Crippen molar-refractivity contribution in [3.63, 3.8) is 0 Å². The number of rotatable bonds is 4. The minimum atomic E-state index is 0.0975. The number of anilines is 2. The normalized spacial score (nSPS) is 17.5. The summed E-state index contributed by atoms with van der Waals surface area (Å²) in [6, 6.07) is 11.8. The summed E-state index contributed by atoms with van der Waals surface area (Å²) in [6.07, 6.45) is 5.45. The summed E-state index contributed by atoms with van der Waals surface area (Å²) in [6.45, 7) is 5.08. The minimum absolute atomic E-state index is 0.0975. The molecule has 1 amide bonds. The van der Waals surface area contributed by atoms with Gasteiger partial charge in [0.25, 0.3) is 5.91 Å². The fourth-order valence-corrected chi connectivity index (χ4v) is 4.07. The molecular formula is C22H28N4O2. The lowest BCUT2D eigenvalue weighted by Crippen LogP contribution is -2.48. The van der Waals surface area contributed by atoms with Crippen LogP contribution in [0.1, 0.15) is 29.6 Å². The van der Waals surface area contributed by atoms with Gasteiger partial charge < -0.3 is 19.4 Å². The summed E-state index contributed by atoms with van der Waals surface area (Å²) in [5.74, 6) is 1.90. The first-order valence-corrected chi connectivity index (χ1v) is 10.1. The average Bonchev–Trinajstić information content (AvgIpc) is 2.79. The number of ether oxygens (including phenoxy) is 1. The van der Waals surface area contributed by atoms with E-state index < -0.39 is 0 Å². The van der Waals surface area contributed by atoms with E-state index >= 15 is 0 Å². The van der Waals surface area contributed by atoms with Crippen LogP contribution in [0.15, 0.2) is 42.6 Å². The second kappa shape index (κ2) is 8.50. The molecule has 0 radical (unpaired) electrons. The zero-order valence-corrected chi connectivity index (χ0v) is 16.5. The number of pyridine rings is 1. The van der Waals surface area contributed by atoms with Gasteiger partial charge in [-0.25, -0.2) is 4.98 Å². The summed E-state index contributed by atoms with van der Waals surface area (Å²) in [7, 11) is 1.70. The van der Waals surface area contributed by atoms with Crippen molar-refractivity contribution >= 4 is 17.4 Å². The lowest BCUT2D eigenvalue weighted by Gasteiger charge is -2.36. The molecule has 1 aromatic carbocycles. The van der Waals surface area contributed by atoms with E-state index in [2.05, 4.69) is 20.9 Å². The van der Waals surface area contributed by atoms with Gasteiger partial charge in [-0.05, 0) is 43.5 Å². The van der Waals surface area contributed by atoms with Crippen LogP contribution in [0.2, 0.25) is 0 Å². The highest BCUT2D eigenvalue weighted by Crippen LogP contribution is 2.28. The van der Waals surface area contributed by atoms with Gasteiger partial charge in [0.2, 0.25) is 0 Å². The van der Waals surface area contributed by atoms with Crippen LogP contribution >= 0.6 is 0 Å². The summed E-state index contributed by atoms with van der Waals surface area (Å²) < 4.78 is 5.48.